The van der Waals surface area contributed by atoms with Crippen LogP contribution in [0.25, 0.3) is 0 Å². The van der Waals surface area contributed by atoms with Crippen LogP contribution in [-0.4, -0.2) is 41.8 Å². The number of carbonyl (C=O) groups is 2. The summed E-state index contributed by atoms with van der Waals surface area (Å²) in [5.74, 6) is -0.511. The molecule has 2 atom stereocenters. The molecule has 36 heavy (non-hydrogen) atoms. The predicted octanol–water partition coefficient (Wildman–Crippen LogP) is 5.41. The van der Waals surface area contributed by atoms with Gasteiger partial charge in [-0.1, -0.05) is 29.8 Å². The van der Waals surface area contributed by atoms with E-state index in [2.05, 4.69) is 10.3 Å². The van der Waals surface area contributed by atoms with Gasteiger partial charge in [0, 0.05) is 0 Å². The van der Waals surface area contributed by atoms with Crippen LogP contribution >= 0.6 is 11.6 Å². The number of halogens is 2. The third kappa shape index (κ3) is 5.26. The van der Waals surface area contributed by atoms with Crippen molar-refractivity contribution in [3.8, 4) is 0 Å². The molecule has 0 aliphatic carbocycles. The smallest absolute Gasteiger partial charge is 0.415 e. The van der Waals surface area contributed by atoms with E-state index in [1.54, 1.807) is 43.3 Å². The molecule has 2 aromatic heterocycles. The monoisotopic (exact) mass is 512 g/mol. The van der Waals surface area contributed by atoms with Crippen LogP contribution in [0.4, 0.5) is 20.7 Å². The normalized spacial score (nSPS) is 16.0. The Morgan fingerprint density at radius 3 is 2.81 bits per heavy atom. The van der Waals surface area contributed by atoms with Crippen LogP contribution in [0.3, 0.4) is 0 Å². The first-order chi connectivity index (χ1) is 17.2. The number of ether oxygens (including phenoxy) is 2. The second-order valence-electron chi connectivity index (χ2n) is 8.67. The summed E-state index contributed by atoms with van der Waals surface area (Å²) in [6.45, 7) is 5.59. The highest BCUT2D eigenvalue weighted by Crippen LogP contribution is 2.29. The molecule has 0 saturated carbocycles. The molecule has 0 radical (unpaired) electrons. The molecule has 8 nitrogen and oxygen atoms in total. The standard InChI is InChI=1S/C26H26ClFN4O4/c1-14-10-20(16(3)29-19-8-9-21(27)31-24(19)25(33)35-4)30-22(11-14)32-18(13-36-26(32)34)12-17-7-5-6-15(2)23(17)28/h5-11,16,18,29H,12-13H2,1-4H3/t16-,18+/m1/s1. The maximum absolute atomic E-state index is 14.6. The zero-order valence-corrected chi connectivity index (χ0v) is 21.1. The van der Waals surface area contributed by atoms with E-state index in [0.717, 1.165) is 5.56 Å². The number of rotatable bonds is 7. The minimum Gasteiger partial charge on any atom is -0.464 e. The summed E-state index contributed by atoms with van der Waals surface area (Å²) < 4.78 is 24.8. The van der Waals surface area contributed by atoms with Crippen molar-refractivity contribution in [3.05, 3.63) is 81.5 Å². The van der Waals surface area contributed by atoms with Crippen molar-refractivity contribution in [3.63, 3.8) is 0 Å². The largest absolute Gasteiger partial charge is 0.464 e. The molecule has 3 aromatic rings. The van der Waals surface area contributed by atoms with E-state index >= 15 is 0 Å². The van der Waals surface area contributed by atoms with Crippen LogP contribution in [0.15, 0.2) is 42.5 Å². The fourth-order valence-electron chi connectivity index (χ4n) is 4.14. The van der Waals surface area contributed by atoms with E-state index in [0.29, 0.717) is 28.3 Å². The van der Waals surface area contributed by atoms with Crippen molar-refractivity contribution in [1.82, 2.24) is 9.97 Å². The van der Waals surface area contributed by atoms with E-state index in [1.165, 1.54) is 12.0 Å². The quantitative estimate of drug-likeness (QED) is 0.334. The number of hydrogen-bond donors (Lipinski definition) is 1. The van der Waals surface area contributed by atoms with E-state index in [-0.39, 0.29) is 35.7 Å². The summed E-state index contributed by atoms with van der Waals surface area (Å²) >= 11 is 5.96. The molecule has 1 fully saturated rings. The van der Waals surface area contributed by atoms with Gasteiger partial charge in [0.15, 0.2) is 5.69 Å². The maximum Gasteiger partial charge on any atom is 0.415 e. The fourth-order valence-corrected chi connectivity index (χ4v) is 4.29. The molecule has 1 saturated heterocycles. The molecule has 3 heterocycles. The van der Waals surface area contributed by atoms with Crippen LogP contribution in [-0.2, 0) is 15.9 Å². The highest BCUT2D eigenvalue weighted by molar-refractivity contribution is 6.29. The number of aromatic nitrogens is 2. The molecular weight excluding hydrogens is 487 g/mol. The molecule has 1 aliphatic rings. The summed E-state index contributed by atoms with van der Waals surface area (Å²) in [5.41, 5.74) is 3.02. The van der Waals surface area contributed by atoms with Crippen molar-refractivity contribution in [2.45, 2.75) is 39.3 Å². The number of nitrogens with one attached hydrogen (secondary N) is 1. The Labute approximate surface area is 213 Å². The maximum atomic E-state index is 14.6. The van der Waals surface area contributed by atoms with E-state index in [9.17, 15) is 14.0 Å². The molecule has 0 unspecified atom stereocenters. The summed E-state index contributed by atoms with van der Waals surface area (Å²) in [4.78, 5) is 35.1. The summed E-state index contributed by atoms with van der Waals surface area (Å²) in [7, 11) is 1.26. The van der Waals surface area contributed by atoms with Gasteiger partial charge >= 0.3 is 12.1 Å². The summed E-state index contributed by atoms with van der Waals surface area (Å²) in [6.07, 6.45) is -0.246. The van der Waals surface area contributed by atoms with Crippen LogP contribution in [0.1, 0.15) is 45.8 Å². The number of carbonyl (C=O) groups excluding carboxylic acids is 2. The van der Waals surface area contributed by atoms with Gasteiger partial charge in [0.1, 0.15) is 23.4 Å². The molecule has 0 spiro atoms. The molecule has 1 aliphatic heterocycles. The van der Waals surface area contributed by atoms with Gasteiger partial charge in [0.25, 0.3) is 0 Å². The molecule has 188 valence electrons. The molecule has 4 rings (SSSR count). The first kappa shape index (κ1) is 25.4. The number of hydrogen-bond acceptors (Lipinski definition) is 7. The van der Waals surface area contributed by atoms with E-state index < -0.39 is 18.1 Å². The van der Waals surface area contributed by atoms with Crippen LogP contribution in [0.5, 0.6) is 0 Å². The number of methoxy groups -OCH3 is 1. The van der Waals surface area contributed by atoms with Crippen molar-refractivity contribution >= 4 is 35.2 Å². The van der Waals surface area contributed by atoms with E-state index in [4.69, 9.17) is 26.1 Å². The Balaban J connectivity index is 1.62. The number of nitrogens with zero attached hydrogens (tertiary/aromatic N) is 3. The fraction of sp³-hybridized carbons (Fsp3) is 0.308. The third-order valence-electron chi connectivity index (χ3n) is 5.97. The minimum absolute atomic E-state index is 0.0492. The molecule has 0 bridgehead atoms. The van der Waals surface area contributed by atoms with Gasteiger partial charge in [-0.3, -0.25) is 4.90 Å². The third-order valence-corrected chi connectivity index (χ3v) is 6.18. The zero-order chi connectivity index (χ0) is 26.0. The topological polar surface area (TPSA) is 93.7 Å². The lowest BCUT2D eigenvalue weighted by Gasteiger charge is -2.23. The Bertz CT molecular complexity index is 1320. The zero-order valence-electron chi connectivity index (χ0n) is 20.3. The number of anilines is 2. The highest BCUT2D eigenvalue weighted by atomic mass is 35.5. The number of aryl methyl sites for hydroxylation is 2. The average molecular weight is 513 g/mol. The van der Waals surface area contributed by atoms with Crippen molar-refractivity contribution in [2.75, 3.05) is 23.9 Å². The first-order valence-corrected chi connectivity index (χ1v) is 11.8. The van der Waals surface area contributed by atoms with Crippen molar-refractivity contribution in [1.29, 1.82) is 0 Å². The van der Waals surface area contributed by atoms with Crippen LogP contribution < -0.4 is 10.2 Å². The second kappa shape index (κ2) is 10.5. The van der Waals surface area contributed by atoms with Crippen molar-refractivity contribution in [2.24, 2.45) is 0 Å². The van der Waals surface area contributed by atoms with Gasteiger partial charge in [0.2, 0.25) is 0 Å². The van der Waals surface area contributed by atoms with Gasteiger partial charge in [-0.25, -0.2) is 23.9 Å². The van der Waals surface area contributed by atoms with Gasteiger partial charge in [-0.2, -0.15) is 0 Å². The molecular formula is C26H26ClFN4O4. The Morgan fingerprint density at radius 1 is 1.28 bits per heavy atom. The van der Waals surface area contributed by atoms with Gasteiger partial charge in [-0.15, -0.1) is 0 Å². The minimum atomic E-state index is -0.629. The molecule has 10 heteroatoms. The Morgan fingerprint density at radius 2 is 2.06 bits per heavy atom. The Kier molecular flexibility index (Phi) is 7.40. The lowest BCUT2D eigenvalue weighted by molar-refractivity contribution is 0.0595. The van der Waals surface area contributed by atoms with Gasteiger partial charge < -0.3 is 14.8 Å². The number of esters is 1. The SMILES string of the molecule is COC(=O)c1nc(Cl)ccc1N[C@H](C)c1cc(C)cc(N2C(=O)OC[C@@H]2Cc2cccc(C)c2F)n1. The van der Waals surface area contributed by atoms with E-state index in [1.807, 2.05) is 19.9 Å². The Hall–Kier alpha value is -3.72. The number of benzene rings is 1. The van der Waals surface area contributed by atoms with Gasteiger partial charge in [0.05, 0.1) is 30.6 Å². The summed E-state index contributed by atoms with van der Waals surface area (Å²) in [6, 6.07) is 11.3. The predicted molar refractivity (Wildman–Crippen MR) is 134 cm³/mol. The average Bonchev–Trinajstić information content (AvgIpc) is 3.21. The summed E-state index contributed by atoms with van der Waals surface area (Å²) in [5, 5.41) is 3.38. The number of pyridine rings is 2. The lowest BCUT2D eigenvalue weighted by atomic mass is 10.0. The highest BCUT2D eigenvalue weighted by Gasteiger charge is 2.36. The van der Waals surface area contributed by atoms with Gasteiger partial charge in [-0.05, 0) is 68.1 Å². The molecule has 1 amide bonds. The molecule has 1 aromatic carbocycles. The van der Waals surface area contributed by atoms with Crippen molar-refractivity contribution < 1.29 is 23.5 Å². The van der Waals surface area contributed by atoms with Crippen LogP contribution in [0.2, 0.25) is 5.15 Å². The van der Waals surface area contributed by atoms with Crippen LogP contribution in [0, 0.1) is 19.7 Å². The lowest BCUT2D eigenvalue weighted by Crippen LogP contribution is -2.36. The second-order valence-corrected chi connectivity index (χ2v) is 9.06. The first-order valence-electron chi connectivity index (χ1n) is 11.4. The number of amides is 1. The number of cyclic esters (lactones) is 1. The molecule has 1 N–H and O–H groups in total.